The number of nitrogens with zero attached hydrogens (tertiary/aromatic N) is 3. The highest BCUT2D eigenvalue weighted by Gasteiger charge is 2.15. The summed E-state index contributed by atoms with van der Waals surface area (Å²) in [5.74, 6) is 1.88. The van der Waals surface area contributed by atoms with E-state index in [-0.39, 0.29) is 0 Å². The summed E-state index contributed by atoms with van der Waals surface area (Å²) in [6, 6.07) is 0. The van der Waals surface area contributed by atoms with Gasteiger partial charge in [0.05, 0.1) is 0 Å². The second-order valence-electron chi connectivity index (χ2n) is 6.74. The summed E-state index contributed by atoms with van der Waals surface area (Å²) in [4.78, 5) is 9.59. The smallest absolute Gasteiger partial charge is 0.193 e. The molecule has 24 heavy (non-hydrogen) atoms. The minimum Gasteiger partial charge on any atom is -0.381 e. The molecule has 1 rings (SSSR count). The van der Waals surface area contributed by atoms with E-state index >= 15 is 0 Å². The van der Waals surface area contributed by atoms with Gasteiger partial charge in [-0.15, -0.1) is 0 Å². The van der Waals surface area contributed by atoms with Crippen LogP contribution in [0.5, 0.6) is 0 Å². The Balaban J connectivity index is 2.29. The maximum Gasteiger partial charge on any atom is 0.193 e. The lowest BCUT2D eigenvalue weighted by molar-refractivity contribution is 0.0625. The third kappa shape index (κ3) is 8.88. The van der Waals surface area contributed by atoms with Gasteiger partial charge in [0.25, 0.3) is 0 Å². The first-order valence-electron chi connectivity index (χ1n) is 10.0. The fourth-order valence-electron chi connectivity index (χ4n) is 3.16. The van der Waals surface area contributed by atoms with Gasteiger partial charge in [-0.3, -0.25) is 4.99 Å². The summed E-state index contributed by atoms with van der Waals surface area (Å²) in [5.41, 5.74) is 0. The van der Waals surface area contributed by atoms with Crippen molar-refractivity contribution in [1.82, 2.24) is 15.1 Å². The predicted octanol–water partition coefficient (Wildman–Crippen LogP) is 2.82. The number of unbranched alkanes of at least 4 members (excludes halogenated alkanes) is 1. The lowest BCUT2D eigenvalue weighted by Crippen LogP contribution is -2.40. The molecule has 0 radical (unpaired) electrons. The van der Waals surface area contributed by atoms with E-state index in [2.05, 4.69) is 42.9 Å². The second-order valence-corrected chi connectivity index (χ2v) is 6.74. The molecular formula is C19H40N4O. The zero-order chi connectivity index (χ0) is 17.6. The first-order valence-corrected chi connectivity index (χ1v) is 10.0. The van der Waals surface area contributed by atoms with Crippen LogP contribution in [0.2, 0.25) is 0 Å². The lowest BCUT2D eigenvalue weighted by atomic mass is 9.96. The SMILES string of the molecule is CCNC(=NCCCCN(CC)CC)N(C)CCC1CCOCC1. The van der Waals surface area contributed by atoms with E-state index in [1.165, 1.54) is 38.6 Å². The first-order chi connectivity index (χ1) is 11.7. The molecule has 5 nitrogen and oxygen atoms in total. The summed E-state index contributed by atoms with van der Waals surface area (Å²) in [5, 5.41) is 3.43. The van der Waals surface area contributed by atoms with Crippen molar-refractivity contribution in [3.63, 3.8) is 0 Å². The standard InChI is InChI=1S/C19H40N4O/c1-5-20-19(21-13-8-9-14-23(6-2)7-3)22(4)15-10-18-11-16-24-17-12-18/h18H,5-17H2,1-4H3,(H,20,21). The van der Waals surface area contributed by atoms with E-state index in [0.29, 0.717) is 0 Å². The Morgan fingerprint density at radius 2 is 1.79 bits per heavy atom. The molecule has 0 aromatic carbocycles. The maximum atomic E-state index is 5.45. The van der Waals surface area contributed by atoms with Crippen molar-refractivity contribution in [2.24, 2.45) is 10.9 Å². The molecule has 0 aliphatic carbocycles. The van der Waals surface area contributed by atoms with E-state index in [1.807, 2.05) is 0 Å². The van der Waals surface area contributed by atoms with E-state index in [4.69, 9.17) is 9.73 Å². The van der Waals surface area contributed by atoms with Crippen molar-refractivity contribution in [3.8, 4) is 0 Å². The van der Waals surface area contributed by atoms with Gasteiger partial charge >= 0.3 is 0 Å². The Hall–Kier alpha value is -0.810. The molecule has 1 heterocycles. The van der Waals surface area contributed by atoms with Crippen molar-refractivity contribution in [3.05, 3.63) is 0 Å². The Morgan fingerprint density at radius 1 is 1.08 bits per heavy atom. The van der Waals surface area contributed by atoms with Crippen LogP contribution in [0, 0.1) is 5.92 Å². The normalized spacial score (nSPS) is 16.6. The predicted molar refractivity (Wildman–Crippen MR) is 104 cm³/mol. The van der Waals surface area contributed by atoms with Crippen LogP contribution in [-0.2, 0) is 4.74 Å². The van der Waals surface area contributed by atoms with Crippen LogP contribution in [0.4, 0.5) is 0 Å². The number of aliphatic imine (C=N–C) groups is 1. The number of hydrogen-bond donors (Lipinski definition) is 1. The second kappa shape index (κ2) is 13.5. The number of rotatable bonds is 11. The van der Waals surface area contributed by atoms with Crippen molar-refractivity contribution >= 4 is 5.96 Å². The van der Waals surface area contributed by atoms with Crippen LogP contribution in [0.3, 0.4) is 0 Å². The Morgan fingerprint density at radius 3 is 2.42 bits per heavy atom. The molecule has 0 aromatic heterocycles. The summed E-state index contributed by atoms with van der Waals surface area (Å²) in [7, 11) is 2.16. The highest BCUT2D eigenvalue weighted by molar-refractivity contribution is 5.79. The minimum absolute atomic E-state index is 0.818. The number of hydrogen-bond acceptors (Lipinski definition) is 3. The third-order valence-electron chi connectivity index (χ3n) is 4.95. The summed E-state index contributed by atoms with van der Waals surface area (Å²) < 4.78 is 5.45. The van der Waals surface area contributed by atoms with Crippen molar-refractivity contribution < 1.29 is 4.74 Å². The fourth-order valence-corrected chi connectivity index (χ4v) is 3.16. The molecule has 0 aromatic rings. The third-order valence-corrected chi connectivity index (χ3v) is 4.95. The highest BCUT2D eigenvalue weighted by Crippen LogP contribution is 2.18. The topological polar surface area (TPSA) is 40.1 Å². The molecule has 5 heteroatoms. The minimum atomic E-state index is 0.818. The van der Waals surface area contributed by atoms with Gasteiger partial charge in [-0.1, -0.05) is 13.8 Å². The molecule has 0 atom stereocenters. The van der Waals surface area contributed by atoms with Crippen LogP contribution < -0.4 is 5.32 Å². The Kier molecular flexibility index (Phi) is 11.9. The molecule has 1 aliphatic heterocycles. The molecule has 1 saturated heterocycles. The molecule has 1 N–H and O–H groups in total. The zero-order valence-corrected chi connectivity index (χ0v) is 16.5. The largest absolute Gasteiger partial charge is 0.381 e. The maximum absolute atomic E-state index is 5.45. The van der Waals surface area contributed by atoms with Gasteiger partial charge < -0.3 is 19.9 Å². The quantitative estimate of drug-likeness (QED) is 0.357. The molecule has 0 unspecified atom stereocenters. The molecule has 0 amide bonds. The average Bonchev–Trinajstić information content (AvgIpc) is 2.62. The molecule has 0 saturated carbocycles. The van der Waals surface area contributed by atoms with Crippen molar-refractivity contribution in [2.75, 3.05) is 59.5 Å². The molecule has 1 fully saturated rings. The zero-order valence-electron chi connectivity index (χ0n) is 16.5. The van der Waals surface area contributed by atoms with Crippen molar-refractivity contribution in [1.29, 1.82) is 0 Å². The molecule has 0 bridgehead atoms. The van der Waals surface area contributed by atoms with Gasteiger partial charge in [0.1, 0.15) is 0 Å². The van der Waals surface area contributed by atoms with E-state index in [1.54, 1.807) is 0 Å². The van der Waals surface area contributed by atoms with Gasteiger partial charge in [-0.05, 0) is 64.6 Å². The van der Waals surface area contributed by atoms with Crippen LogP contribution >= 0.6 is 0 Å². The monoisotopic (exact) mass is 340 g/mol. The van der Waals surface area contributed by atoms with Gasteiger partial charge in [-0.25, -0.2) is 0 Å². The molecule has 1 aliphatic rings. The number of guanidine groups is 1. The summed E-state index contributed by atoms with van der Waals surface area (Å²) in [6.07, 6.45) is 6.07. The van der Waals surface area contributed by atoms with Crippen molar-refractivity contribution in [2.45, 2.75) is 52.9 Å². The van der Waals surface area contributed by atoms with Gasteiger partial charge in [0, 0.05) is 39.9 Å². The Labute approximate surface area is 149 Å². The van der Waals surface area contributed by atoms with E-state index < -0.39 is 0 Å². The first kappa shape index (κ1) is 21.2. The Bertz CT molecular complexity index is 325. The summed E-state index contributed by atoms with van der Waals surface area (Å²) >= 11 is 0. The average molecular weight is 341 g/mol. The summed E-state index contributed by atoms with van der Waals surface area (Å²) in [6.45, 7) is 14.9. The van der Waals surface area contributed by atoms with E-state index in [9.17, 15) is 0 Å². The van der Waals surface area contributed by atoms with Crippen LogP contribution in [0.1, 0.15) is 52.9 Å². The molecule has 142 valence electrons. The number of ether oxygens (including phenoxy) is 1. The molecular weight excluding hydrogens is 300 g/mol. The van der Waals surface area contributed by atoms with Crippen LogP contribution in [0.15, 0.2) is 4.99 Å². The lowest BCUT2D eigenvalue weighted by Gasteiger charge is -2.27. The van der Waals surface area contributed by atoms with Gasteiger partial charge in [0.15, 0.2) is 5.96 Å². The van der Waals surface area contributed by atoms with E-state index in [0.717, 1.165) is 57.8 Å². The van der Waals surface area contributed by atoms with Gasteiger partial charge in [-0.2, -0.15) is 0 Å². The fraction of sp³-hybridized carbons (Fsp3) is 0.947. The molecule has 0 spiro atoms. The van der Waals surface area contributed by atoms with Crippen LogP contribution in [0.25, 0.3) is 0 Å². The van der Waals surface area contributed by atoms with Crippen LogP contribution in [-0.4, -0.2) is 75.3 Å². The highest BCUT2D eigenvalue weighted by atomic mass is 16.5. The number of nitrogens with one attached hydrogen (secondary N) is 1. The van der Waals surface area contributed by atoms with Gasteiger partial charge in [0.2, 0.25) is 0 Å².